The van der Waals surface area contributed by atoms with Gasteiger partial charge in [0.05, 0.1) is 0 Å². The SMILES string of the molecule is C=CC(C)(C)CCCN(C)C(C)(C)C. The van der Waals surface area contributed by atoms with Crippen LogP contribution in [0.1, 0.15) is 47.5 Å². The van der Waals surface area contributed by atoms with Gasteiger partial charge in [0.1, 0.15) is 0 Å². The molecule has 0 aromatic rings. The molecule has 0 atom stereocenters. The predicted molar refractivity (Wildman–Crippen MR) is 65.6 cm³/mol. The van der Waals surface area contributed by atoms with Crippen molar-refractivity contribution in [2.45, 2.75) is 53.0 Å². The normalized spacial score (nSPS) is 13.4. The van der Waals surface area contributed by atoms with E-state index in [1.165, 1.54) is 19.4 Å². The Bertz CT molecular complexity index is 174. The Morgan fingerprint density at radius 3 is 2.00 bits per heavy atom. The van der Waals surface area contributed by atoms with Gasteiger partial charge in [-0.25, -0.2) is 0 Å². The lowest BCUT2D eigenvalue weighted by Gasteiger charge is -2.32. The van der Waals surface area contributed by atoms with Gasteiger partial charge in [0.2, 0.25) is 0 Å². The first-order chi connectivity index (χ1) is 6.19. The summed E-state index contributed by atoms with van der Waals surface area (Å²) in [5, 5.41) is 0. The molecule has 1 nitrogen and oxygen atoms in total. The fourth-order valence-corrected chi connectivity index (χ4v) is 1.21. The van der Waals surface area contributed by atoms with Crippen molar-refractivity contribution in [2.75, 3.05) is 13.6 Å². The molecule has 0 aliphatic carbocycles. The van der Waals surface area contributed by atoms with Gasteiger partial charge in [-0.1, -0.05) is 19.9 Å². The minimum absolute atomic E-state index is 0.290. The first-order valence-corrected chi connectivity index (χ1v) is 5.54. The Morgan fingerprint density at radius 1 is 1.14 bits per heavy atom. The van der Waals surface area contributed by atoms with Gasteiger partial charge in [0.15, 0.2) is 0 Å². The maximum Gasteiger partial charge on any atom is 0.0122 e. The Morgan fingerprint density at radius 2 is 1.64 bits per heavy atom. The van der Waals surface area contributed by atoms with E-state index >= 15 is 0 Å². The van der Waals surface area contributed by atoms with E-state index in [-0.39, 0.29) is 0 Å². The van der Waals surface area contributed by atoms with E-state index in [1.807, 2.05) is 0 Å². The predicted octanol–water partition coefficient (Wildman–Crippen LogP) is 3.71. The van der Waals surface area contributed by atoms with Gasteiger partial charge in [0, 0.05) is 5.54 Å². The molecule has 0 unspecified atom stereocenters. The van der Waals surface area contributed by atoms with E-state index in [0.29, 0.717) is 11.0 Å². The molecule has 0 spiro atoms. The second-order valence-electron chi connectivity index (χ2n) is 5.89. The molecule has 0 amide bonds. The summed E-state index contributed by atoms with van der Waals surface area (Å²) >= 11 is 0. The Kier molecular flexibility index (Phi) is 4.87. The van der Waals surface area contributed by atoms with Crippen LogP contribution in [-0.4, -0.2) is 24.0 Å². The molecule has 0 aromatic carbocycles. The van der Waals surface area contributed by atoms with Crippen molar-refractivity contribution in [1.29, 1.82) is 0 Å². The van der Waals surface area contributed by atoms with Crippen LogP contribution >= 0.6 is 0 Å². The van der Waals surface area contributed by atoms with Gasteiger partial charge in [-0.05, 0) is 52.6 Å². The topological polar surface area (TPSA) is 3.24 Å². The molecule has 0 aliphatic rings. The van der Waals surface area contributed by atoms with Crippen LogP contribution in [0.2, 0.25) is 0 Å². The molecular weight excluding hydrogens is 170 g/mol. The fourth-order valence-electron chi connectivity index (χ4n) is 1.21. The van der Waals surface area contributed by atoms with Crippen molar-refractivity contribution in [2.24, 2.45) is 5.41 Å². The van der Waals surface area contributed by atoms with Crippen molar-refractivity contribution >= 4 is 0 Å². The molecule has 0 radical (unpaired) electrons. The molecule has 0 rings (SSSR count). The van der Waals surface area contributed by atoms with Crippen molar-refractivity contribution in [3.8, 4) is 0 Å². The summed E-state index contributed by atoms with van der Waals surface area (Å²) in [6.45, 7) is 16.3. The van der Waals surface area contributed by atoms with E-state index in [4.69, 9.17) is 0 Å². The van der Waals surface area contributed by atoms with Gasteiger partial charge in [-0.3, -0.25) is 0 Å². The molecule has 0 aromatic heterocycles. The molecule has 0 fully saturated rings. The average molecular weight is 197 g/mol. The lowest BCUT2D eigenvalue weighted by molar-refractivity contribution is 0.167. The minimum atomic E-state index is 0.290. The molecule has 0 saturated heterocycles. The zero-order valence-corrected chi connectivity index (χ0v) is 10.9. The van der Waals surface area contributed by atoms with Gasteiger partial charge in [-0.2, -0.15) is 0 Å². The molecule has 0 heterocycles. The highest BCUT2D eigenvalue weighted by Gasteiger charge is 2.18. The zero-order valence-electron chi connectivity index (χ0n) is 10.9. The third kappa shape index (κ3) is 5.43. The maximum atomic E-state index is 3.87. The number of nitrogens with zero attached hydrogens (tertiary/aromatic N) is 1. The molecule has 0 N–H and O–H groups in total. The molecular formula is C13H27N. The van der Waals surface area contributed by atoms with Crippen LogP contribution in [0.15, 0.2) is 12.7 Å². The van der Waals surface area contributed by atoms with E-state index < -0.39 is 0 Å². The summed E-state index contributed by atoms with van der Waals surface area (Å²) in [4.78, 5) is 2.41. The first-order valence-electron chi connectivity index (χ1n) is 5.54. The molecule has 14 heavy (non-hydrogen) atoms. The summed E-state index contributed by atoms with van der Waals surface area (Å²) < 4.78 is 0. The second kappa shape index (κ2) is 4.97. The second-order valence-corrected chi connectivity index (χ2v) is 5.89. The lowest BCUT2D eigenvalue weighted by Crippen LogP contribution is -2.38. The smallest absolute Gasteiger partial charge is 0.0122 e. The van der Waals surface area contributed by atoms with E-state index in [9.17, 15) is 0 Å². The summed E-state index contributed by atoms with van der Waals surface area (Å²) in [7, 11) is 2.20. The van der Waals surface area contributed by atoms with E-state index in [1.54, 1.807) is 0 Å². The Hall–Kier alpha value is -0.300. The summed E-state index contributed by atoms with van der Waals surface area (Å²) in [6.07, 6.45) is 4.52. The summed E-state index contributed by atoms with van der Waals surface area (Å²) in [5.41, 5.74) is 0.580. The first kappa shape index (κ1) is 13.7. The monoisotopic (exact) mass is 197 g/mol. The number of hydrogen-bond acceptors (Lipinski definition) is 1. The lowest BCUT2D eigenvalue weighted by atomic mass is 9.88. The highest BCUT2D eigenvalue weighted by Crippen LogP contribution is 2.23. The van der Waals surface area contributed by atoms with E-state index in [2.05, 4.69) is 59.2 Å². The quantitative estimate of drug-likeness (QED) is 0.607. The van der Waals surface area contributed by atoms with Crippen LogP contribution in [0.4, 0.5) is 0 Å². The number of hydrogen-bond donors (Lipinski definition) is 0. The third-order valence-electron chi connectivity index (χ3n) is 3.01. The molecule has 0 aliphatic heterocycles. The van der Waals surface area contributed by atoms with Crippen molar-refractivity contribution in [3.05, 3.63) is 12.7 Å². The van der Waals surface area contributed by atoms with Crippen molar-refractivity contribution in [1.82, 2.24) is 4.90 Å². The highest BCUT2D eigenvalue weighted by molar-refractivity contribution is 4.87. The van der Waals surface area contributed by atoms with Gasteiger partial charge < -0.3 is 4.90 Å². The largest absolute Gasteiger partial charge is 0.302 e. The zero-order chi connectivity index (χ0) is 11.4. The van der Waals surface area contributed by atoms with Crippen LogP contribution in [0, 0.1) is 5.41 Å². The average Bonchev–Trinajstić information content (AvgIpc) is 2.02. The highest BCUT2D eigenvalue weighted by atomic mass is 15.1. The van der Waals surface area contributed by atoms with Gasteiger partial charge >= 0.3 is 0 Å². The summed E-state index contributed by atoms with van der Waals surface area (Å²) in [6, 6.07) is 0. The van der Waals surface area contributed by atoms with Crippen LogP contribution in [0.3, 0.4) is 0 Å². The van der Waals surface area contributed by atoms with Crippen LogP contribution in [-0.2, 0) is 0 Å². The molecule has 0 saturated carbocycles. The molecule has 0 bridgehead atoms. The van der Waals surface area contributed by atoms with Gasteiger partial charge in [0.25, 0.3) is 0 Å². The van der Waals surface area contributed by atoms with Crippen LogP contribution in [0.5, 0.6) is 0 Å². The maximum absolute atomic E-state index is 3.87. The minimum Gasteiger partial charge on any atom is -0.302 e. The fraction of sp³-hybridized carbons (Fsp3) is 0.846. The third-order valence-corrected chi connectivity index (χ3v) is 3.01. The Balaban J connectivity index is 3.81. The van der Waals surface area contributed by atoms with Gasteiger partial charge in [-0.15, -0.1) is 6.58 Å². The Labute approximate surface area is 90.2 Å². The van der Waals surface area contributed by atoms with Crippen LogP contribution in [0.25, 0.3) is 0 Å². The van der Waals surface area contributed by atoms with Crippen LogP contribution < -0.4 is 0 Å². The number of rotatable bonds is 5. The van der Waals surface area contributed by atoms with Crippen molar-refractivity contribution in [3.63, 3.8) is 0 Å². The standard InChI is InChI=1S/C13H27N/c1-8-13(5,6)10-9-11-14(7)12(2,3)4/h8H,1,9-11H2,2-7H3. The summed E-state index contributed by atoms with van der Waals surface area (Å²) in [5.74, 6) is 0. The van der Waals surface area contributed by atoms with Crippen molar-refractivity contribution < 1.29 is 0 Å². The molecule has 84 valence electrons. The number of allylic oxidation sites excluding steroid dienone is 1. The molecule has 1 heteroatoms. The van der Waals surface area contributed by atoms with E-state index in [0.717, 1.165) is 0 Å².